The molecule has 0 aromatic heterocycles. The fraction of sp³-hybridized carbons (Fsp3) is 0.333. The normalized spacial score (nSPS) is 12.4. The SMILES string of the molecule is CNC(CCc1cccc(C)c1)c1cc(C)cc(F)c1. The second-order valence-electron chi connectivity index (χ2n) is 5.43. The quantitative estimate of drug-likeness (QED) is 0.853. The number of benzene rings is 2. The summed E-state index contributed by atoms with van der Waals surface area (Å²) in [6.07, 6.45) is 1.95. The molecule has 0 radical (unpaired) electrons. The lowest BCUT2D eigenvalue weighted by Gasteiger charge is -2.17. The maximum atomic E-state index is 13.5. The van der Waals surface area contributed by atoms with Gasteiger partial charge in [-0.15, -0.1) is 0 Å². The second-order valence-corrected chi connectivity index (χ2v) is 5.43. The molecule has 0 amide bonds. The summed E-state index contributed by atoms with van der Waals surface area (Å²) in [6, 6.07) is 14.0. The van der Waals surface area contributed by atoms with Crippen LogP contribution in [0.15, 0.2) is 42.5 Å². The summed E-state index contributed by atoms with van der Waals surface area (Å²) >= 11 is 0. The minimum Gasteiger partial charge on any atom is -0.313 e. The predicted molar refractivity (Wildman–Crippen MR) is 82.4 cm³/mol. The van der Waals surface area contributed by atoms with Crippen molar-refractivity contribution in [2.24, 2.45) is 0 Å². The van der Waals surface area contributed by atoms with E-state index in [1.165, 1.54) is 11.1 Å². The largest absolute Gasteiger partial charge is 0.313 e. The molecule has 2 rings (SSSR count). The molecule has 0 bridgehead atoms. The lowest BCUT2D eigenvalue weighted by atomic mass is 9.97. The van der Waals surface area contributed by atoms with E-state index in [9.17, 15) is 4.39 Å². The summed E-state index contributed by atoms with van der Waals surface area (Å²) in [7, 11) is 1.93. The zero-order valence-corrected chi connectivity index (χ0v) is 12.4. The van der Waals surface area contributed by atoms with Gasteiger partial charge in [0.15, 0.2) is 0 Å². The zero-order valence-electron chi connectivity index (χ0n) is 12.4. The van der Waals surface area contributed by atoms with E-state index in [1.54, 1.807) is 12.1 Å². The zero-order chi connectivity index (χ0) is 14.5. The Morgan fingerprint density at radius 3 is 2.50 bits per heavy atom. The highest BCUT2D eigenvalue weighted by molar-refractivity contribution is 5.27. The first-order valence-electron chi connectivity index (χ1n) is 7.08. The van der Waals surface area contributed by atoms with Gasteiger partial charge in [-0.2, -0.15) is 0 Å². The summed E-state index contributed by atoms with van der Waals surface area (Å²) in [5, 5.41) is 3.29. The van der Waals surface area contributed by atoms with E-state index in [-0.39, 0.29) is 11.9 Å². The number of hydrogen-bond acceptors (Lipinski definition) is 1. The molecule has 1 N–H and O–H groups in total. The molecular weight excluding hydrogens is 249 g/mol. The van der Waals surface area contributed by atoms with Crippen molar-refractivity contribution in [3.8, 4) is 0 Å². The van der Waals surface area contributed by atoms with Crippen molar-refractivity contribution in [2.75, 3.05) is 7.05 Å². The monoisotopic (exact) mass is 271 g/mol. The summed E-state index contributed by atoms with van der Waals surface area (Å²) < 4.78 is 13.5. The molecule has 0 heterocycles. The average molecular weight is 271 g/mol. The third kappa shape index (κ3) is 3.91. The molecule has 0 fully saturated rings. The third-order valence-electron chi connectivity index (χ3n) is 3.62. The van der Waals surface area contributed by atoms with Crippen LogP contribution in [0.3, 0.4) is 0 Å². The van der Waals surface area contributed by atoms with Crippen LogP contribution in [0.1, 0.15) is 34.7 Å². The number of halogens is 1. The van der Waals surface area contributed by atoms with Gasteiger partial charge >= 0.3 is 0 Å². The first-order chi connectivity index (χ1) is 9.58. The lowest BCUT2D eigenvalue weighted by Crippen LogP contribution is -2.17. The fourth-order valence-electron chi connectivity index (χ4n) is 2.62. The molecule has 0 aliphatic rings. The first-order valence-corrected chi connectivity index (χ1v) is 7.08. The highest BCUT2D eigenvalue weighted by Crippen LogP contribution is 2.21. The van der Waals surface area contributed by atoms with Crippen molar-refractivity contribution >= 4 is 0 Å². The molecule has 106 valence electrons. The van der Waals surface area contributed by atoms with Crippen LogP contribution in [0.25, 0.3) is 0 Å². The van der Waals surface area contributed by atoms with Crippen LogP contribution in [0.4, 0.5) is 4.39 Å². The van der Waals surface area contributed by atoms with E-state index in [0.29, 0.717) is 0 Å². The molecule has 2 aromatic carbocycles. The van der Waals surface area contributed by atoms with Gasteiger partial charge < -0.3 is 5.32 Å². The fourth-order valence-corrected chi connectivity index (χ4v) is 2.62. The van der Waals surface area contributed by atoms with Gasteiger partial charge in [-0.3, -0.25) is 0 Å². The highest BCUT2D eigenvalue weighted by Gasteiger charge is 2.11. The van der Waals surface area contributed by atoms with E-state index in [4.69, 9.17) is 0 Å². The Labute approximate surface area is 120 Å². The van der Waals surface area contributed by atoms with Crippen molar-refractivity contribution in [2.45, 2.75) is 32.7 Å². The number of aryl methyl sites for hydroxylation is 3. The van der Waals surface area contributed by atoms with E-state index >= 15 is 0 Å². The van der Waals surface area contributed by atoms with Gasteiger partial charge in [-0.05, 0) is 62.6 Å². The maximum absolute atomic E-state index is 13.5. The molecular formula is C18H22FN. The van der Waals surface area contributed by atoms with Gasteiger partial charge in [0.25, 0.3) is 0 Å². The van der Waals surface area contributed by atoms with Crippen LogP contribution < -0.4 is 5.32 Å². The van der Waals surface area contributed by atoms with Crippen LogP contribution in [-0.2, 0) is 6.42 Å². The molecule has 20 heavy (non-hydrogen) atoms. The molecule has 0 aliphatic heterocycles. The van der Waals surface area contributed by atoms with Crippen molar-refractivity contribution in [3.63, 3.8) is 0 Å². The van der Waals surface area contributed by atoms with E-state index in [2.05, 4.69) is 42.6 Å². The van der Waals surface area contributed by atoms with Crippen molar-refractivity contribution in [1.82, 2.24) is 5.32 Å². The minimum absolute atomic E-state index is 0.157. The van der Waals surface area contributed by atoms with Crippen LogP contribution in [0.5, 0.6) is 0 Å². The Balaban J connectivity index is 2.09. The molecule has 0 aliphatic carbocycles. The topological polar surface area (TPSA) is 12.0 Å². The summed E-state index contributed by atoms with van der Waals surface area (Å²) in [4.78, 5) is 0. The molecule has 1 atom stereocenters. The second kappa shape index (κ2) is 6.67. The molecule has 1 unspecified atom stereocenters. The summed E-state index contributed by atoms with van der Waals surface area (Å²) in [5.74, 6) is -0.157. The number of nitrogens with one attached hydrogen (secondary N) is 1. The van der Waals surface area contributed by atoms with Crippen LogP contribution in [-0.4, -0.2) is 7.05 Å². The van der Waals surface area contributed by atoms with Gasteiger partial charge in [0.2, 0.25) is 0 Å². The molecule has 2 aromatic rings. The van der Waals surface area contributed by atoms with E-state index in [0.717, 1.165) is 24.0 Å². The molecule has 0 spiro atoms. The van der Waals surface area contributed by atoms with Crippen molar-refractivity contribution < 1.29 is 4.39 Å². The highest BCUT2D eigenvalue weighted by atomic mass is 19.1. The van der Waals surface area contributed by atoms with Crippen molar-refractivity contribution in [3.05, 3.63) is 70.5 Å². The molecule has 1 nitrogen and oxygen atoms in total. The molecule has 0 saturated heterocycles. The smallest absolute Gasteiger partial charge is 0.123 e. The van der Waals surface area contributed by atoms with Gasteiger partial charge in [0.05, 0.1) is 0 Å². The Hall–Kier alpha value is -1.67. The first kappa shape index (κ1) is 14.7. The molecule has 2 heteroatoms. The Bertz CT molecular complexity index is 557. The average Bonchev–Trinajstić information content (AvgIpc) is 2.38. The maximum Gasteiger partial charge on any atom is 0.123 e. The molecule has 0 saturated carbocycles. The number of rotatable bonds is 5. The van der Waals surface area contributed by atoms with E-state index in [1.807, 2.05) is 14.0 Å². The van der Waals surface area contributed by atoms with Crippen LogP contribution in [0, 0.1) is 19.7 Å². The predicted octanol–water partition coefficient (Wildman–Crippen LogP) is 4.34. The van der Waals surface area contributed by atoms with Gasteiger partial charge in [-0.1, -0.05) is 35.9 Å². The Kier molecular flexibility index (Phi) is 4.91. The van der Waals surface area contributed by atoms with Crippen molar-refractivity contribution in [1.29, 1.82) is 0 Å². The standard InChI is InChI=1S/C18H22FN/c1-13-5-4-6-15(9-13)7-8-18(20-3)16-10-14(2)11-17(19)12-16/h4-6,9-12,18,20H,7-8H2,1-3H3. The number of hydrogen-bond donors (Lipinski definition) is 1. The lowest BCUT2D eigenvalue weighted by molar-refractivity contribution is 0.541. The van der Waals surface area contributed by atoms with Crippen LogP contribution >= 0.6 is 0 Å². The Morgan fingerprint density at radius 1 is 1.05 bits per heavy atom. The minimum atomic E-state index is -0.157. The summed E-state index contributed by atoms with van der Waals surface area (Å²) in [6.45, 7) is 4.04. The van der Waals surface area contributed by atoms with E-state index < -0.39 is 0 Å². The van der Waals surface area contributed by atoms with Crippen LogP contribution in [0.2, 0.25) is 0 Å². The summed E-state index contributed by atoms with van der Waals surface area (Å²) in [5.41, 5.74) is 4.61. The van der Waals surface area contributed by atoms with Gasteiger partial charge in [-0.25, -0.2) is 4.39 Å². The third-order valence-corrected chi connectivity index (χ3v) is 3.62. The van der Waals surface area contributed by atoms with Gasteiger partial charge in [0, 0.05) is 6.04 Å². The Morgan fingerprint density at radius 2 is 1.85 bits per heavy atom. The van der Waals surface area contributed by atoms with Gasteiger partial charge in [0.1, 0.15) is 5.82 Å².